The van der Waals surface area contributed by atoms with Gasteiger partial charge >= 0.3 is 5.97 Å². The molecule has 16 heavy (non-hydrogen) atoms. The first-order valence-electron chi connectivity index (χ1n) is 5.71. The Morgan fingerprint density at radius 2 is 1.88 bits per heavy atom. The zero-order chi connectivity index (χ0) is 13.0. The Morgan fingerprint density at radius 3 is 2.25 bits per heavy atom. The molecule has 0 unspecified atom stereocenters. The molecule has 0 aliphatic rings. The lowest BCUT2D eigenvalue weighted by molar-refractivity contribution is -0.139. The van der Waals surface area contributed by atoms with Gasteiger partial charge in [0.05, 0.1) is 13.5 Å². The minimum atomic E-state index is -0.218. The Labute approximate surface area is 99.7 Å². The average Bonchev–Trinajstić information content (AvgIpc) is 2.35. The summed E-state index contributed by atoms with van der Waals surface area (Å²) in [4.78, 5) is 11.0. The zero-order valence-electron chi connectivity index (χ0n) is 11.2. The smallest absolute Gasteiger partial charge is 0.309 e. The summed E-state index contributed by atoms with van der Waals surface area (Å²) in [5, 5.41) is 0. The molecule has 0 radical (unpaired) electrons. The van der Waals surface area contributed by atoms with Crippen molar-refractivity contribution in [1.29, 1.82) is 0 Å². The number of ether oxygens (including phenoxy) is 1. The molecule has 0 atom stereocenters. The molecule has 0 amide bonds. The molecule has 0 aromatic carbocycles. The summed E-state index contributed by atoms with van der Waals surface area (Å²) in [5.74, 6) is -0.218. The van der Waals surface area contributed by atoms with Crippen LogP contribution >= 0.6 is 0 Å². The molecule has 2 nitrogen and oxygen atoms in total. The number of hydrogen-bond donors (Lipinski definition) is 0. The van der Waals surface area contributed by atoms with E-state index in [0.717, 1.165) is 17.6 Å². The van der Waals surface area contributed by atoms with Crippen LogP contribution in [0.15, 0.2) is 36.0 Å². The van der Waals surface area contributed by atoms with Gasteiger partial charge in [-0.25, -0.2) is 0 Å². The van der Waals surface area contributed by atoms with E-state index in [1.165, 1.54) is 7.11 Å². The van der Waals surface area contributed by atoms with Crippen LogP contribution in [0.25, 0.3) is 0 Å². The highest BCUT2D eigenvalue weighted by Gasteiger charge is 2.01. The lowest BCUT2D eigenvalue weighted by Gasteiger charge is -2.00. The van der Waals surface area contributed by atoms with Crippen molar-refractivity contribution in [2.24, 2.45) is 0 Å². The Balaban J connectivity index is 0. The van der Waals surface area contributed by atoms with Crippen LogP contribution in [0, 0.1) is 0 Å². The van der Waals surface area contributed by atoms with E-state index in [-0.39, 0.29) is 5.97 Å². The third-order valence-corrected chi connectivity index (χ3v) is 1.93. The Kier molecular flexibility index (Phi) is 12.6. The van der Waals surface area contributed by atoms with Crippen molar-refractivity contribution < 1.29 is 9.53 Å². The van der Waals surface area contributed by atoms with E-state index in [4.69, 9.17) is 0 Å². The second kappa shape index (κ2) is 11.8. The van der Waals surface area contributed by atoms with Crippen LogP contribution in [0.4, 0.5) is 0 Å². The van der Waals surface area contributed by atoms with Crippen molar-refractivity contribution in [2.45, 2.75) is 40.5 Å². The lowest BCUT2D eigenvalue weighted by Crippen LogP contribution is -2.00. The summed E-state index contributed by atoms with van der Waals surface area (Å²) >= 11 is 0. The number of hydrogen-bond acceptors (Lipinski definition) is 2. The molecule has 0 bridgehead atoms. The van der Waals surface area contributed by atoms with Crippen LogP contribution in [0.1, 0.15) is 40.5 Å². The summed E-state index contributed by atoms with van der Waals surface area (Å²) in [6.07, 6.45) is 6.98. The maximum atomic E-state index is 11.0. The van der Waals surface area contributed by atoms with Crippen molar-refractivity contribution in [3.63, 3.8) is 0 Å². The molecule has 0 aliphatic carbocycles. The average molecular weight is 224 g/mol. The van der Waals surface area contributed by atoms with Crippen molar-refractivity contribution in [3.05, 3.63) is 36.0 Å². The first kappa shape index (κ1) is 17.1. The van der Waals surface area contributed by atoms with Gasteiger partial charge in [0.25, 0.3) is 0 Å². The second-order valence-corrected chi connectivity index (χ2v) is 2.96. The maximum absolute atomic E-state index is 11.0. The molecule has 0 spiro atoms. The zero-order valence-corrected chi connectivity index (χ0v) is 11.2. The fraction of sp³-hybridized carbons (Fsp3) is 0.500. The molecule has 0 N–H and O–H groups in total. The Hall–Kier alpha value is -1.31. The van der Waals surface area contributed by atoms with Crippen LogP contribution in [-0.2, 0) is 9.53 Å². The SMILES string of the molecule is C=C(/C=C\C(=C/C)CC(=O)OC)CC.CC. The summed E-state index contributed by atoms with van der Waals surface area (Å²) < 4.78 is 4.58. The van der Waals surface area contributed by atoms with E-state index >= 15 is 0 Å². The molecular formula is C14H24O2. The van der Waals surface area contributed by atoms with Gasteiger partial charge in [-0.3, -0.25) is 4.79 Å². The van der Waals surface area contributed by atoms with Gasteiger partial charge < -0.3 is 4.74 Å². The van der Waals surface area contributed by atoms with Gasteiger partial charge in [0.2, 0.25) is 0 Å². The lowest BCUT2D eigenvalue weighted by atomic mass is 10.1. The normalized spacial score (nSPS) is 10.7. The quantitative estimate of drug-likeness (QED) is 0.520. The van der Waals surface area contributed by atoms with Crippen molar-refractivity contribution in [1.82, 2.24) is 0 Å². The van der Waals surface area contributed by atoms with E-state index in [0.29, 0.717) is 6.42 Å². The Morgan fingerprint density at radius 1 is 1.31 bits per heavy atom. The highest BCUT2D eigenvalue weighted by atomic mass is 16.5. The first-order chi connectivity index (χ1) is 7.63. The van der Waals surface area contributed by atoms with Crippen LogP contribution in [-0.4, -0.2) is 13.1 Å². The monoisotopic (exact) mass is 224 g/mol. The molecule has 0 aromatic heterocycles. The van der Waals surface area contributed by atoms with Crippen LogP contribution in [0.3, 0.4) is 0 Å². The van der Waals surface area contributed by atoms with Gasteiger partial charge in [0.1, 0.15) is 0 Å². The molecule has 0 heterocycles. The number of allylic oxidation sites excluding steroid dienone is 4. The van der Waals surface area contributed by atoms with Gasteiger partial charge in [-0.05, 0) is 18.9 Å². The third kappa shape index (κ3) is 9.25. The largest absolute Gasteiger partial charge is 0.469 e. The predicted molar refractivity (Wildman–Crippen MR) is 70.3 cm³/mol. The van der Waals surface area contributed by atoms with Crippen LogP contribution < -0.4 is 0 Å². The van der Waals surface area contributed by atoms with E-state index < -0.39 is 0 Å². The molecule has 0 rings (SSSR count). The van der Waals surface area contributed by atoms with Gasteiger partial charge in [0, 0.05) is 0 Å². The number of rotatable bonds is 5. The fourth-order valence-electron chi connectivity index (χ4n) is 0.839. The van der Waals surface area contributed by atoms with E-state index in [2.05, 4.69) is 11.3 Å². The van der Waals surface area contributed by atoms with Gasteiger partial charge in [0.15, 0.2) is 0 Å². The van der Waals surface area contributed by atoms with E-state index in [1.807, 2.05) is 45.9 Å². The van der Waals surface area contributed by atoms with Gasteiger partial charge in [-0.15, -0.1) is 0 Å². The van der Waals surface area contributed by atoms with E-state index in [1.54, 1.807) is 0 Å². The van der Waals surface area contributed by atoms with Crippen LogP contribution in [0.2, 0.25) is 0 Å². The summed E-state index contributed by atoms with van der Waals surface area (Å²) in [7, 11) is 1.39. The van der Waals surface area contributed by atoms with Crippen molar-refractivity contribution >= 4 is 5.97 Å². The molecule has 0 aliphatic heterocycles. The number of carbonyl (C=O) groups is 1. The topological polar surface area (TPSA) is 26.3 Å². The summed E-state index contributed by atoms with van der Waals surface area (Å²) in [6, 6.07) is 0. The molecular weight excluding hydrogens is 200 g/mol. The van der Waals surface area contributed by atoms with Gasteiger partial charge in [-0.2, -0.15) is 0 Å². The standard InChI is InChI=1S/C12H18O2.C2H6/c1-5-10(3)7-8-11(6-2)9-12(13)14-4;1-2/h6-8H,3,5,9H2,1-2,4H3;1-2H3/b8-7-,11-6+;. The Bertz CT molecular complexity index is 260. The highest BCUT2D eigenvalue weighted by Crippen LogP contribution is 2.07. The molecule has 0 aromatic rings. The fourth-order valence-corrected chi connectivity index (χ4v) is 0.839. The van der Waals surface area contributed by atoms with Crippen molar-refractivity contribution in [3.8, 4) is 0 Å². The molecule has 0 fully saturated rings. The minimum absolute atomic E-state index is 0.218. The second-order valence-electron chi connectivity index (χ2n) is 2.96. The number of esters is 1. The summed E-state index contributed by atoms with van der Waals surface area (Å²) in [5.41, 5.74) is 2.00. The van der Waals surface area contributed by atoms with E-state index in [9.17, 15) is 4.79 Å². The highest BCUT2D eigenvalue weighted by molar-refractivity contribution is 5.73. The summed E-state index contributed by atoms with van der Waals surface area (Å²) in [6.45, 7) is 11.8. The molecule has 92 valence electrons. The molecule has 0 saturated carbocycles. The maximum Gasteiger partial charge on any atom is 0.309 e. The molecule has 2 heteroatoms. The number of methoxy groups -OCH3 is 1. The minimum Gasteiger partial charge on any atom is -0.469 e. The van der Waals surface area contributed by atoms with Gasteiger partial charge in [-0.1, -0.05) is 51.2 Å². The third-order valence-electron chi connectivity index (χ3n) is 1.93. The molecule has 0 saturated heterocycles. The van der Waals surface area contributed by atoms with Crippen LogP contribution in [0.5, 0.6) is 0 Å². The first-order valence-corrected chi connectivity index (χ1v) is 5.71. The number of carbonyl (C=O) groups excluding carboxylic acids is 1. The predicted octanol–water partition coefficient (Wildman–Crippen LogP) is 4.04. The van der Waals surface area contributed by atoms with Crippen molar-refractivity contribution in [2.75, 3.05) is 7.11 Å².